The van der Waals surface area contributed by atoms with Crippen LogP contribution in [0.4, 0.5) is 13.2 Å². The molecule has 1 fully saturated rings. The van der Waals surface area contributed by atoms with Crippen molar-refractivity contribution in [1.82, 2.24) is 15.2 Å². The highest BCUT2D eigenvalue weighted by atomic mass is 35.5. The van der Waals surface area contributed by atoms with Crippen molar-refractivity contribution in [1.29, 1.82) is 0 Å². The first-order valence-corrected chi connectivity index (χ1v) is 6.71. The fourth-order valence-electron chi connectivity index (χ4n) is 1.90. The summed E-state index contributed by atoms with van der Waals surface area (Å²) in [5.41, 5.74) is 1.99. The molecule has 1 N–H and O–H groups in total. The van der Waals surface area contributed by atoms with Gasteiger partial charge in [-0.25, -0.2) is 0 Å². The van der Waals surface area contributed by atoms with E-state index in [0.717, 1.165) is 18.5 Å². The molecule has 0 unspecified atom stereocenters. The van der Waals surface area contributed by atoms with Gasteiger partial charge in [-0.1, -0.05) is 11.6 Å². The van der Waals surface area contributed by atoms with E-state index in [1.807, 2.05) is 6.07 Å². The maximum Gasteiger partial charge on any atom is 0.422 e. The molecule has 21 heavy (non-hydrogen) atoms. The molecular formula is C13H11ClF3N3O. The lowest BCUT2D eigenvalue weighted by atomic mass is 10.2. The number of hydrogen-bond acceptors (Lipinski definition) is 3. The van der Waals surface area contributed by atoms with Crippen LogP contribution in [0.1, 0.15) is 24.5 Å². The number of rotatable bonds is 4. The van der Waals surface area contributed by atoms with Crippen LogP contribution >= 0.6 is 11.6 Å². The van der Waals surface area contributed by atoms with E-state index in [1.165, 1.54) is 12.3 Å². The van der Waals surface area contributed by atoms with Crippen LogP contribution in [0.2, 0.25) is 5.02 Å². The number of nitrogens with zero attached hydrogens (tertiary/aromatic N) is 2. The van der Waals surface area contributed by atoms with E-state index >= 15 is 0 Å². The van der Waals surface area contributed by atoms with E-state index in [4.69, 9.17) is 16.3 Å². The molecule has 0 amide bonds. The molecule has 0 atom stereocenters. The third kappa shape index (κ3) is 3.47. The minimum Gasteiger partial charge on any atom is -0.482 e. The van der Waals surface area contributed by atoms with Gasteiger partial charge in [0.2, 0.25) is 0 Å². The van der Waals surface area contributed by atoms with Gasteiger partial charge in [-0.3, -0.25) is 10.1 Å². The van der Waals surface area contributed by atoms with Crippen molar-refractivity contribution in [2.45, 2.75) is 24.9 Å². The first kappa shape index (κ1) is 14.2. The van der Waals surface area contributed by atoms with E-state index < -0.39 is 12.8 Å². The van der Waals surface area contributed by atoms with Gasteiger partial charge in [-0.2, -0.15) is 18.3 Å². The third-order valence-corrected chi connectivity index (χ3v) is 3.37. The van der Waals surface area contributed by atoms with Gasteiger partial charge in [0.15, 0.2) is 6.61 Å². The zero-order valence-electron chi connectivity index (χ0n) is 10.7. The Morgan fingerprint density at radius 2 is 2.05 bits per heavy atom. The second kappa shape index (κ2) is 5.22. The summed E-state index contributed by atoms with van der Waals surface area (Å²) < 4.78 is 41.3. The van der Waals surface area contributed by atoms with Crippen LogP contribution in [-0.4, -0.2) is 28.0 Å². The van der Waals surface area contributed by atoms with Gasteiger partial charge in [0.25, 0.3) is 0 Å². The molecule has 4 nitrogen and oxygen atoms in total. The Labute approximate surface area is 123 Å². The van der Waals surface area contributed by atoms with E-state index in [1.54, 1.807) is 0 Å². The van der Waals surface area contributed by atoms with Crippen LogP contribution in [0.3, 0.4) is 0 Å². The Balaban J connectivity index is 1.81. The van der Waals surface area contributed by atoms with Gasteiger partial charge in [-0.05, 0) is 18.9 Å². The fourth-order valence-corrected chi connectivity index (χ4v) is 2.06. The standard InChI is InChI=1S/C13H11ClF3N3O/c14-8-5-18-10(4-12(8)21-6-13(15,16)17)11-3-9(19-20-11)7-1-2-7/h3-5,7H,1-2,6H2,(H,19,20). The number of ether oxygens (including phenoxy) is 1. The van der Waals surface area contributed by atoms with Crippen LogP contribution in [-0.2, 0) is 0 Å². The highest BCUT2D eigenvalue weighted by Gasteiger charge is 2.29. The molecule has 1 saturated carbocycles. The van der Waals surface area contributed by atoms with Crippen LogP contribution in [0, 0.1) is 0 Å². The molecule has 1 aliphatic rings. The quantitative estimate of drug-likeness (QED) is 0.929. The molecule has 1 aliphatic carbocycles. The summed E-state index contributed by atoms with van der Waals surface area (Å²) in [5.74, 6) is 0.439. The fraction of sp³-hybridized carbons (Fsp3) is 0.385. The summed E-state index contributed by atoms with van der Waals surface area (Å²) in [6, 6.07) is 3.21. The molecule has 0 saturated heterocycles. The summed E-state index contributed by atoms with van der Waals surface area (Å²) in [6.07, 6.45) is -0.919. The maximum atomic E-state index is 12.2. The number of hydrogen-bond donors (Lipinski definition) is 1. The van der Waals surface area contributed by atoms with E-state index in [9.17, 15) is 13.2 Å². The van der Waals surface area contributed by atoms with E-state index in [-0.39, 0.29) is 10.8 Å². The van der Waals surface area contributed by atoms with Crippen LogP contribution in [0.25, 0.3) is 11.4 Å². The number of nitrogens with one attached hydrogen (secondary N) is 1. The van der Waals surface area contributed by atoms with Gasteiger partial charge in [0.05, 0.1) is 11.9 Å². The monoisotopic (exact) mass is 317 g/mol. The van der Waals surface area contributed by atoms with Gasteiger partial charge >= 0.3 is 6.18 Å². The van der Waals surface area contributed by atoms with Gasteiger partial charge in [0, 0.05) is 17.7 Å². The number of halogens is 4. The van der Waals surface area contributed by atoms with E-state index in [0.29, 0.717) is 17.3 Å². The average molecular weight is 318 g/mol. The van der Waals surface area contributed by atoms with Crippen LogP contribution < -0.4 is 4.74 Å². The molecule has 0 aromatic carbocycles. The molecule has 112 valence electrons. The molecule has 0 aliphatic heterocycles. The zero-order valence-corrected chi connectivity index (χ0v) is 11.5. The predicted molar refractivity (Wildman–Crippen MR) is 70.4 cm³/mol. The molecule has 2 aromatic heterocycles. The summed E-state index contributed by atoms with van der Waals surface area (Å²) in [5, 5.41) is 7.06. The van der Waals surface area contributed by atoms with Gasteiger partial charge in [-0.15, -0.1) is 0 Å². The Morgan fingerprint density at radius 3 is 2.71 bits per heavy atom. The predicted octanol–water partition coefficient (Wildman–Crippen LogP) is 3.94. The number of H-pyrrole nitrogens is 1. The lowest BCUT2D eigenvalue weighted by Crippen LogP contribution is -2.19. The Morgan fingerprint density at radius 1 is 1.29 bits per heavy atom. The zero-order chi connectivity index (χ0) is 15.0. The van der Waals surface area contributed by atoms with Crippen LogP contribution in [0.5, 0.6) is 5.75 Å². The SMILES string of the molecule is FC(F)(F)COc1cc(-c2cc(C3CC3)[nH]n2)ncc1Cl. The second-order valence-electron chi connectivity index (χ2n) is 4.89. The second-order valence-corrected chi connectivity index (χ2v) is 5.29. The van der Waals surface area contributed by atoms with Crippen molar-refractivity contribution in [3.63, 3.8) is 0 Å². The largest absolute Gasteiger partial charge is 0.482 e. The van der Waals surface area contributed by atoms with Gasteiger partial charge in [0.1, 0.15) is 16.5 Å². The van der Waals surface area contributed by atoms with E-state index in [2.05, 4.69) is 15.2 Å². The minimum atomic E-state index is -4.42. The number of aromatic nitrogens is 3. The molecule has 0 spiro atoms. The molecule has 2 heterocycles. The third-order valence-electron chi connectivity index (χ3n) is 3.09. The molecule has 3 rings (SSSR count). The highest BCUT2D eigenvalue weighted by molar-refractivity contribution is 6.32. The van der Waals surface area contributed by atoms with Crippen molar-refractivity contribution < 1.29 is 17.9 Å². The summed E-state index contributed by atoms with van der Waals surface area (Å²) >= 11 is 5.80. The Hall–Kier alpha value is -1.76. The van der Waals surface area contributed by atoms with Crippen molar-refractivity contribution in [2.24, 2.45) is 0 Å². The molecular weight excluding hydrogens is 307 g/mol. The topological polar surface area (TPSA) is 50.8 Å². The summed E-state index contributed by atoms with van der Waals surface area (Å²) in [4.78, 5) is 4.07. The first-order chi connectivity index (χ1) is 9.92. The smallest absolute Gasteiger partial charge is 0.422 e. The molecule has 0 radical (unpaired) electrons. The summed E-state index contributed by atoms with van der Waals surface area (Å²) in [6.45, 7) is -1.40. The normalized spacial score (nSPS) is 15.2. The summed E-state index contributed by atoms with van der Waals surface area (Å²) in [7, 11) is 0. The lowest BCUT2D eigenvalue weighted by Gasteiger charge is -2.10. The van der Waals surface area contributed by atoms with Crippen molar-refractivity contribution >= 4 is 11.6 Å². The molecule has 0 bridgehead atoms. The minimum absolute atomic E-state index is 0.0287. The maximum absolute atomic E-state index is 12.2. The number of aromatic amines is 1. The first-order valence-electron chi connectivity index (χ1n) is 6.33. The Kier molecular flexibility index (Phi) is 3.52. The van der Waals surface area contributed by atoms with Crippen LogP contribution in [0.15, 0.2) is 18.3 Å². The number of alkyl halides is 3. The number of pyridine rings is 1. The highest BCUT2D eigenvalue weighted by Crippen LogP contribution is 2.40. The van der Waals surface area contributed by atoms with Crippen molar-refractivity contribution in [3.8, 4) is 17.1 Å². The van der Waals surface area contributed by atoms with Crippen molar-refractivity contribution in [2.75, 3.05) is 6.61 Å². The van der Waals surface area contributed by atoms with Gasteiger partial charge < -0.3 is 4.74 Å². The van der Waals surface area contributed by atoms with Crippen molar-refractivity contribution in [3.05, 3.63) is 29.0 Å². The Bertz CT molecular complexity index is 652. The average Bonchev–Trinajstić information content (AvgIpc) is 3.15. The molecule has 8 heteroatoms. The molecule has 2 aromatic rings. The lowest BCUT2D eigenvalue weighted by molar-refractivity contribution is -0.153.